The maximum Gasteiger partial charge on any atom is 0.124 e. The zero-order valence-corrected chi connectivity index (χ0v) is 14.8. The van der Waals surface area contributed by atoms with Gasteiger partial charge in [-0.3, -0.25) is 4.90 Å². The fourth-order valence-electron chi connectivity index (χ4n) is 3.03. The van der Waals surface area contributed by atoms with E-state index < -0.39 is 0 Å². The van der Waals surface area contributed by atoms with E-state index in [9.17, 15) is 4.39 Å². The van der Waals surface area contributed by atoms with Gasteiger partial charge in [-0.2, -0.15) is 0 Å². The summed E-state index contributed by atoms with van der Waals surface area (Å²) in [5.41, 5.74) is 1.33. The Balaban J connectivity index is 2.16. The molecule has 0 saturated carbocycles. The van der Waals surface area contributed by atoms with Crippen LogP contribution in [-0.2, 0) is 6.54 Å². The van der Waals surface area contributed by atoms with Crippen molar-refractivity contribution in [1.82, 2.24) is 10.2 Å². The van der Waals surface area contributed by atoms with Crippen molar-refractivity contribution >= 4 is 15.9 Å². The molecule has 21 heavy (non-hydrogen) atoms. The van der Waals surface area contributed by atoms with Gasteiger partial charge >= 0.3 is 0 Å². The van der Waals surface area contributed by atoms with Gasteiger partial charge in [0.05, 0.1) is 0 Å². The molecule has 2 atom stereocenters. The minimum atomic E-state index is -0.187. The number of nitrogens with one attached hydrogen (secondary N) is 1. The molecule has 2 unspecified atom stereocenters. The van der Waals surface area contributed by atoms with Crippen LogP contribution in [0, 0.1) is 5.82 Å². The van der Waals surface area contributed by atoms with Crippen LogP contribution >= 0.6 is 15.9 Å². The fraction of sp³-hybridized carbons (Fsp3) is 0.647. The van der Waals surface area contributed by atoms with E-state index >= 15 is 0 Å². The van der Waals surface area contributed by atoms with E-state index in [1.165, 1.54) is 12.8 Å². The molecule has 0 spiro atoms. The molecule has 118 valence electrons. The van der Waals surface area contributed by atoms with Crippen molar-refractivity contribution in [2.75, 3.05) is 13.1 Å². The van der Waals surface area contributed by atoms with Crippen molar-refractivity contribution in [2.45, 2.75) is 58.2 Å². The van der Waals surface area contributed by atoms with Crippen molar-refractivity contribution < 1.29 is 4.39 Å². The van der Waals surface area contributed by atoms with Crippen LogP contribution in [-0.4, -0.2) is 29.6 Å². The molecule has 0 radical (unpaired) electrons. The first-order valence-electron chi connectivity index (χ1n) is 7.91. The van der Waals surface area contributed by atoms with E-state index in [1.807, 2.05) is 6.07 Å². The van der Waals surface area contributed by atoms with Gasteiger partial charge in [-0.1, -0.05) is 42.3 Å². The summed E-state index contributed by atoms with van der Waals surface area (Å²) in [6.07, 6.45) is 3.52. The van der Waals surface area contributed by atoms with E-state index in [2.05, 4.69) is 46.9 Å². The Bertz CT molecular complexity index is 480. The molecule has 1 fully saturated rings. The van der Waals surface area contributed by atoms with E-state index in [1.54, 1.807) is 12.1 Å². The minimum Gasteiger partial charge on any atom is -0.311 e. The number of rotatable bonds is 5. The second-order valence-electron chi connectivity index (χ2n) is 6.33. The van der Waals surface area contributed by atoms with Crippen LogP contribution in [0.25, 0.3) is 0 Å². The lowest BCUT2D eigenvalue weighted by Gasteiger charge is -2.48. The van der Waals surface area contributed by atoms with Gasteiger partial charge < -0.3 is 5.32 Å². The Kier molecular flexibility index (Phi) is 5.81. The van der Waals surface area contributed by atoms with Crippen molar-refractivity contribution in [3.05, 3.63) is 34.1 Å². The topological polar surface area (TPSA) is 15.3 Å². The van der Waals surface area contributed by atoms with Crippen LogP contribution < -0.4 is 5.32 Å². The second kappa shape index (κ2) is 7.21. The van der Waals surface area contributed by atoms with E-state index in [-0.39, 0.29) is 11.4 Å². The minimum absolute atomic E-state index is 0.165. The van der Waals surface area contributed by atoms with Crippen LogP contribution in [0.2, 0.25) is 0 Å². The molecule has 1 aliphatic heterocycles. The standard InChI is InChI=1S/C17H26BrFN2/c1-4-6-15-11-21(17(3,5-2)12-20-15)10-13-7-8-14(19)9-16(13)18/h7-9,15,20H,4-6,10-12H2,1-3H3. The zero-order valence-electron chi connectivity index (χ0n) is 13.3. The van der Waals surface area contributed by atoms with E-state index in [0.29, 0.717) is 6.04 Å². The lowest BCUT2D eigenvalue weighted by Crippen LogP contribution is -2.62. The largest absolute Gasteiger partial charge is 0.311 e. The first-order chi connectivity index (χ1) is 9.98. The molecule has 0 bridgehead atoms. The smallest absolute Gasteiger partial charge is 0.124 e. The molecule has 2 rings (SSSR count). The highest BCUT2D eigenvalue weighted by atomic mass is 79.9. The highest BCUT2D eigenvalue weighted by Gasteiger charge is 2.36. The summed E-state index contributed by atoms with van der Waals surface area (Å²) in [6, 6.07) is 5.57. The lowest BCUT2D eigenvalue weighted by molar-refractivity contribution is 0.0395. The summed E-state index contributed by atoms with van der Waals surface area (Å²) < 4.78 is 14.1. The zero-order chi connectivity index (χ0) is 15.5. The van der Waals surface area contributed by atoms with Gasteiger partial charge in [-0.25, -0.2) is 4.39 Å². The van der Waals surface area contributed by atoms with E-state index in [4.69, 9.17) is 0 Å². The molecule has 2 nitrogen and oxygen atoms in total. The van der Waals surface area contributed by atoms with Gasteiger partial charge in [0.25, 0.3) is 0 Å². The number of halogens is 2. The summed E-state index contributed by atoms with van der Waals surface area (Å²) in [4.78, 5) is 2.56. The Morgan fingerprint density at radius 3 is 2.81 bits per heavy atom. The van der Waals surface area contributed by atoms with Crippen molar-refractivity contribution in [2.24, 2.45) is 0 Å². The number of piperazine rings is 1. The lowest BCUT2D eigenvalue weighted by atomic mass is 9.90. The molecule has 0 aliphatic carbocycles. The predicted molar refractivity (Wildman–Crippen MR) is 89.9 cm³/mol. The highest BCUT2D eigenvalue weighted by Crippen LogP contribution is 2.28. The summed E-state index contributed by atoms with van der Waals surface area (Å²) >= 11 is 3.50. The highest BCUT2D eigenvalue weighted by molar-refractivity contribution is 9.10. The first-order valence-corrected chi connectivity index (χ1v) is 8.70. The van der Waals surface area contributed by atoms with Crippen LogP contribution in [0.3, 0.4) is 0 Å². The van der Waals surface area contributed by atoms with Gasteiger partial charge in [-0.05, 0) is 37.5 Å². The third kappa shape index (κ3) is 4.05. The molecular formula is C17H26BrFN2. The van der Waals surface area contributed by atoms with Gasteiger partial charge in [0, 0.05) is 35.7 Å². The average molecular weight is 357 g/mol. The summed E-state index contributed by atoms with van der Waals surface area (Å²) in [5.74, 6) is -0.187. The van der Waals surface area contributed by atoms with Crippen LogP contribution in [0.4, 0.5) is 4.39 Å². The Hall–Kier alpha value is -0.450. The number of nitrogens with zero attached hydrogens (tertiary/aromatic N) is 1. The molecule has 1 aromatic rings. The molecule has 1 N–H and O–H groups in total. The van der Waals surface area contributed by atoms with Crippen LogP contribution in [0.5, 0.6) is 0 Å². The molecule has 0 amide bonds. The number of hydrogen-bond donors (Lipinski definition) is 1. The van der Waals surface area contributed by atoms with Crippen LogP contribution in [0.15, 0.2) is 22.7 Å². The van der Waals surface area contributed by atoms with Gasteiger partial charge in [-0.15, -0.1) is 0 Å². The fourth-order valence-corrected chi connectivity index (χ4v) is 3.50. The monoisotopic (exact) mass is 356 g/mol. The number of benzene rings is 1. The Labute approximate surface area is 136 Å². The maximum absolute atomic E-state index is 13.3. The molecule has 1 saturated heterocycles. The summed E-state index contributed by atoms with van der Waals surface area (Å²) in [6.45, 7) is 9.74. The quantitative estimate of drug-likeness (QED) is 0.844. The molecule has 1 aromatic carbocycles. The van der Waals surface area contributed by atoms with Crippen molar-refractivity contribution in [1.29, 1.82) is 0 Å². The van der Waals surface area contributed by atoms with Crippen LogP contribution in [0.1, 0.15) is 45.6 Å². The van der Waals surface area contributed by atoms with Crippen molar-refractivity contribution in [3.63, 3.8) is 0 Å². The number of hydrogen-bond acceptors (Lipinski definition) is 2. The summed E-state index contributed by atoms with van der Waals surface area (Å²) in [7, 11) is 0. The maximum atomic E-state index is 13.3. The van der Waals surface area contributed by atoms with Gasteiger partial charge in [0.1, 0.15) is 5.82 Å². The first kappa shape index (κ1) is 16.9. The second-order valence-corrected chi connectivity index (χ2v) is 7.19. The normalized spacial score (nSPS) is 27.0. The van der Waals surface area contributed by atoms with Gasteiger partial charge in [0.15, 0.2) is 0 Å². The molecule has 1 heterocycles. The summed E-state index contributed by atoms with van der Waals surface area (Å²) in [5, 5.41) is 3.69. The average Bonchev–Trinajstić information content (AvgIpc) is 2.46. The molecule has 1 aliphatic rings. The third-order valence-electron chi connectivity index (χ3n) is 4.75. The predicted octanol–water partition coefficient (Wildman–Crippen LogP) is 4.33. The molecule has 0 aromatic heterocycles. The Morgan fingerprint density at radius 2 is 2.19 bits per heavy atom. The molecule has 4 heteroatoms. The van der Waals surface area contributed by atoms with E-state index in [0.717, 1.165) is 36.1 Å². The van der Waals surface area contributed by atoms with Crippen molar-refractivity contribution in [3.8, 4) is 0 Å². The third-order valence-corrected chi connectivity index (χ3v) is 5.49. The Morgan fingerprint density at radius 1 is 1.43 bits per heavy atom. The molecular weight excluding hydrogens is 331 g/mol. The van der Waals surface area contributed by atoms with Gasteiger partial charge in [0.2, 0.25) is 0 Å². The SMILES string of the molecule is CCCC1CN(Cc2ccc(F)cc2Br)C(C)(CC)CN1.